The highest BCUT2D eigenvalue weighted by Gasteiger charge is 2.13. The second-order valence-electron chi connectivity index (χ2n) is 3.79. The number of methoxy groups -OCH3 is 1. The molecule has 0 saturated carbocycles. The van der Waals surface area contributed by atoms with Crippen molar-refractivity contribution in [2.45, 2.75) is 0 Å². The van der Waals surface area contributed by atoms with Crippen molar-refractivity contribution in [3.63, 3.8) is 0 Å². The Morgan fingerprint density at radius 3 is 2.76 bits per heavy atom. The SMILES string of the molecule is COc1cc(NN2CCOCC2)c(N)cc1F. The number of nitrogens with two attached hydrogens (primary N) is 1. The van der Waals surface area contributed by atoms with Gasteiger partial charge in [-0.2, -0.15) is 0 Å². The topological polar surface area (TPSA) is 59.8 Å². The second kappa shape index (κ2) is 5.20. The van der Waals surface area contributed by atoms with E-state index in [1.54, 1.807) is 6.07 Å². The Kier molecular flexibility index (Phi) is 3.65. The smallest absolute Gasteiger partial charge is 0.167 e. The van der Waals surface area contributed by atoms with Crippen molar-refractivity contribution in [3.05, 3.63) is 17.9 Å². The lowest BCUT2D eigenvalue weighted by molar-refractivity contribution is 0.0497. The van der Waals surface area contributed by atoms with E-state index < -0.39 is 5.82 Å². The zero-order valence-corrected chi connectivity index (χ0v) is 9.70. The first-order chi connectivity index (χ1) is 8.20. The van der Waals surface area contributed by atoms with Crippen LogP contribution < -0.4 is 15.9 Å². The van der Waals surface area contributed by atoms with Crippen LogP contribution in [0.5, 0.6) is 5.75 Å². The lowest BCUT2D eigenvalue weighted by atomic mass is 10.2. The van der Waals surface area contributed by atoms with Crippen LogP contribution >= 0.6 is 0 Å². The van der Waals surface area contributed by atoms with Crippen LogP contribution in [-0.2, 0) is 4.74 Å². The Morgan fingerprint density at radius 2 is 2.12 bits per heavy atom. The number of nitrogen functional groups attached to an aromatic ring is 1. The molecule has 1 saturated heterocycles. The third kappa shape index (κ3) is 2.78. The zero-order chi connectivity index (χ0) is 12.3. The molecule has 1 aromatic rings. The summed E-state index contributed by atoms with van der Waals surface area (Å²) in [5.74, 6) is -0.285. The third-order valence-corrected chi connectivity index (χ3v) is 2.61. The van der Waals surface area contributed by atoms with Crippen LogP contribution in [0.25, 0.3) is 0 Å². The molecular formula is C11H16FN3O2. The fourth-order valence-corrected chi connectivity index (χ4v) is 1.67. The number of halogens is 1. The summed E-state index contributed by atoms with van der Waals surface area (Å²) < 4.78 is 23.5. The fourth-order valence-electron chi connectivity index (χ4n) is 1.67. The van der Waals surface area contributed by atoms with Crippen LogP contribution in [0.2, 0.25) is 0 Å². The van der Waals surface area contributed by atoms with Crippen molar-refractivity contribution >= 4 is 11.4 Å². The number of ether oxygens (including phenoxy) is 2. The van der Waals surface area contributed by atoms with Crippen molar-refractivity contribution in [1.82, 2.24) is 5.01 Å². The largest absolute Gasteiger partial charge is 0.494 e. The molecule has 0 radical (unpaired) electrons. The molecule has 1 fully saturated rings. The molecule has 0 amide bonds. The molecule has 3 N–H and O–H groups in total. The van der Waals surface area contributed by atoms with Crippen molar-refractivity contribution < 1.29 is 13.9 Å². The van der Waals surface area contributed by atoms with Gasteiger partial charge in [0.05, 0.1) is 31.7 Å². The van der Waals surface area contributed by atoms with Gasteiger partial charge in [-0.3, -0.25) is 0 Å². The zero-order valence-electron chi connectivity index (χ0n) is 9.70. The number of morpholine rings is 1. The first-order valence-electron chi connectivity index (χ1n) is 5.43. The van der Waals surface area contributed by atoms with Gasteiger partial charge in [0.1, 0.15) is 0 Å². The summed E-state index contributed by atoms with van der Waals surface area (Å²) in [5, 5.41) is 1.98. The van der Waals surface area contributed by atoms with Crippen molar-refractivity contribution in [1.29, 1.82) is 0 Å². The average molecular weight is 241 g/mol. The minimum absolute atomic E-state index is 0.176. The van der Waals surface area contributed by atoms with E-state index in [1.807, 2.05) is 5.01 Å². The summed E-state index contributed by atoms with van der Waals surface area (Å²) >= 11 is 0. The predicted octanol–water partition coefficient (Wildman–Crippen LogP) is 1.08. The second-order valence-corrected chi connectivity index (χ2v) is 3.79. The van der Waals surface area contributed by atoms with Gasteiger partial charge in [-0.15, -0.1) is 0 Å². The minimum Gasteiger partial charge on any atom is -0.494 e. The number of anilines is 2. The molecular weight excluding hydrogens is 225 g/mol. The Bertz CT molecular complexity index is 395. The van der Waals surface area contributed by atoms with Gasteiger partial charge < -0.3 is 20.6 Å². The van der Waals surface area contributed by atoms with Crippen molar-refractivity contribution in [2.75, 3.05) is 44.6 Å². The molecule has 0 aromatic heterocycles. The normalized spacial score (nSPS) is 16.8. The summed E-state index contributed by atoms with van der Waals surface area (Å²) in [4.78, 5) is 0. The summed E-state index contributed by atoms with van der Waals surface area (Å²) in [7, 11) is 1.42. The van der Waals surface area contributed by atoms with Gasteiger partial charge in [0.25, 0.3) is 0 Å². The number of nitrogens with zero attached hydrogens (tertiary/aromatic N) is 1. The van der Waals surface area contributed by atoms with Crippen molar-refractivity contribution in [2.24, 2.45) is 0 Å². The van der Waals surface area contributed by atoms with E-state index in [4.69, 9.17) is 15.2 Å². The van der Waals surface area contributed by atoms with E-state index in [-0.39, 0.29) is 5.75 Å². The first kappa shape index (κ1) is 11.9. The van der Waals surface area contributed by atoms with Crippen LogP contribution in [0.15, 0.2) is 12.1 Å². The average Bonchev–Trinajstić information content (AvgIpc) is 2.34. The Balaban J connectivity index is 2.13. The number of benzene rings is 1. The Labute approximate surface area is 99.3 Å². The molecule has 0 bridgehead atoms. The van der Waals surface area contributed by atoms with E-state index in [9.17, 15) is 4.39 Å². The maximum atomic E-state index is 13.3. The van der Waals surface area contributed by atoms with Gasteiger partial charge in [0, 0.05) is 25.2 Å². The van der Waals surface area contributed by atoms with Gasteiger partial charge in [0.2, 0.25) is 0 Å². The van der Waals surface area contributed by atoms with Crippen LogP contribution in [-0.4, -0.2) is 38.4 Å². The van der Waals surface area contributed by atoms with Gasteiger partial charge in [-0.1, -0.05) is 0 Å². The monoisotopic (exact) mass is 241 g/mol. The molecule has 1 aliphatic rings. The molecule has 0 unspecified atom stereocenters. The van der Waals surface area contributed by atoms with Crippen LogP contribution in [0.1, 0.15) is 0 Å². The lowest BCUT2D eigenvalue weighted by Gasteiger charge is -2.28. The molecule has 1 aromatic carbocycles. The number of rotatable bonds is 3. The maximum absolute atomic E-state index is 13.3. The van der Waals surface area contributed by atoms with Gasteiger partial charge in [-0.25, -0.2) is 9.40 Å². The van der Waals surface area contributed by atoms with Gasteiger partial charge in [-0.05, 0) is 0 Å². The van der Waals surface area contributed by atoms with Crippen molar-refractivity contribution in [3.8, 4) is 5.75 Å². The van der Waals surface area contributed by atoms with E-state index in [2.05, 4.69) is 5.43 Å². The standard InChI is InChI=1S/C11H16FN3O2/c1-16-11-7-10(9(13)6-8(11)12)14-15-2-4-17-5-3-15/h6-7,14H,2-5,13H2,1H3. The predicted molar refractivity (Wildman–Crippen MR) is 63.4 cm³/mol. The molecule has 2 rings (SSSR count). The lowest BCUT2D eigenvalue weighted by Crippen LogP contribution is -2.40. The van der Waals surface area contributed by atoms with E-state index in [0.29, 0.717) is 24.6 Å². The quantitative estimate of drug-likeness (QED) is 0.775. The number of hydrazine groups is 1. The number of hydrogen-bond acceptors (Lipinski definition) is 5. The first-order valence-corrected chi connectivity index (χ1v) is 5.43. The summed E-state index contributed by atoms with van der Waals surface area (Å²) in [5.41, 5.74) is 9.88. The molecule has 0 aliphatic carbocycles. The Hall–Kier alpha value is -1.53. The van der Waals surface area contributed by atoms with E-state index >= 15 is 0 Å². The highest BCUT2D eigenvalue weighted by molar-refractivity contribution is 5.68. The van der Waals surface area contributed by atoms with E-state index in [0.717, 1.165) is 13.1 Å². The third-order valence-electron chi connectivity index (χ3n) is 2.61. The Morgan fingerprint density at radius 1 is 1.41 bits per heavy atom. The minimum atomic E-state index is -0.461. The molecule has 0 atom stereocenters. The fraction of sp³-hybridized carbons (Fsp3) is 0.455. The highest BCUT2D eigenvalue weighted by Crippen LogP contribution is 2.28. The molecule has 1 heterocycles. The molecule has 17 heavy (non-hydrogen) atoms. The molecule has 6 heteroatoms. The molecule has 0 spiro atoms. The van der Waals surface area contributed by atoms with Gasteiger partial charge >= 0.3 is 0 Å². The summed E-state index contributed by atoms with van der Waals surface area (Å²) in [6, 6.07) is 2.81. The van der Waals surface area contributed by atoms with Gasteiger partial charge in [0.15, 0.2) is 11.6 Å². The van der Waals surface area contributed by atoms with Crippen LogP contribution in [0.4, 0.5) is 15.8 Å². The van der Waals surface area contributed by atoms with Crippen LogP contribution in [0.3, 0.4) is 0 Å². The number of hydrogen-bond donors (Lipinski definition) is 2. The van der Waals surface area contributed by atoms with Crippen LogP contribution in [0, 0.1) is 5.82 Å². The molecule has 5 nitrogen and oxygen atoms in total. The summed E-state index contributed by atoms with van der Waals surface area (Å²) in [6.45, 7) is 2.87. The van der Waals surface area contributed by atoms with E-state index in [1.165, 1.54) is 13.2 Å². The summed E-state index contributed by atoms with van der Waals surface area (Å²) in [6.07, 6.45) is 0. The molecule has 94 valence electrons. The highest BCUT2D eigenvalue weighted by atomic mass is 19.1. The molecule has 1 aliphatic heterocycles. The maximum Gasteiger partial charge on any atom is 0.167 e. The number of nitrogens with one attached hydrogen (secondary N) is 1.